The second-order valence-electron chi connectivity index (χ2n) is 4.47. The molecule has 106 valence electrons. The summed E-state index contributed by atoms with van der Waals surface area (Å²) < 4.78 is 5.19. The van der Waals surface area contributed by atoms with Gasteiger partial charge in [-0.15, -0.1) is 0 Å². The quantitative estimate of drug-likeness (QED) is 0.890. The van der Waals surface area contributed by atoms with E-state index in [0.29, 0.717) is 11.3 Å². The molecule has 20 heavy (non-hydrogen) atoms. The number of carbonyl (C=O) groups excluding carboxylic acids is 1. The third-order valence-electron chi connectivity index (χ3n) is 3.05. The molecule has 0 aliphatic rings. The number of thiophene rings is 1. The van der Waals surface area contributed by atoms with E-state index in [1.807, 2.05) is 29.8 Å². The SMILES string of the molecule is COc1cc(C(=O)NCC(O)c2ccsc2)ccc1C. The first-order chi connectivity index (χ1) is 9.61. The highest BCUT2D eigenvalue weighted by Crippen LogP contribution is 2.19. The molecule has 1 aromatic carbocycles. The maximum atomic E-state index is 12.0. The molecule has 4 nitrogen and oxygen atoms in total. The molecule has 0 saturated carbocycles. The first-order valence-corrected chi connectivity index (χ1v) is 7.19. The van der Waals surface area contributed by atoms with E-state index in [-0.39, 0.29) is 12.5 Å². The van der Waals surface area contributed by atoms with Crippen LogP contribution in [0.1, 0.15) is 27.6 Å². The summed E-state index contributed by atoms with van der Waals surface area (Å²) >= 11 is 1.52. The normalized spacial score (nSPS) is 11.9. The average molecular weight is 291 g/mol. The second kappa shape index (κ2) is 6.54. The van der Waals surface area contributed by atoms with Gasteiger partial charge in [0.05, 0.1) is 13.2 Å². The van der Waals surface area contributed by atoms with E-state index in [9.17, 15) is 9.90 Å². The molecule has 2 rings (SSSR count). The van der Waals surface area contributed by atoms with Gasteiger partial charge in [0.2, 0.25) is 0 Å². The molecule has 0 radical (unpaired) electrons. The first kappa shape index (κ1) is 14.6. The molecule has 0 spiro atoms. The van der Waals surface area contributed by atoms with E-state index in [0.717, 1.165) is 11.1 Å². The third-order valence-corrected chi connectivity index (χ3v) is 3.76. The number of hydrogen-bond acceptors (Lipinski definition) is 4. The minimum Gasteiger partial charge on any atom is -0.496 e. The molecular weight excluding hydrogens is 274 g/mol. The van der Waals surface area contributed by atoms with Gasteiger partial charge in [-0.05, 0) is 47.0 Å². The highest BCUT2D eigenvalue weighted by molar-refractivity contribution is 7.07. The average Bonchev–Trinajstić information content (AvgIpc) is 2.99. The number of amides is 1. The van der Waals surface area contributed by atoms with Crippen molar-refractivity contribution in [2.24, 2.45) is 0 Å². The van der Waals surface area contributed by atoms with Gasteiger partial charge in [-0.1, -0.05) is 6.07 Å². The topological polar surface area (TPSA) is 58.6 Å². The molecule has 0 saturated heterocycles. The summed E-state index contributed by atoms with van der Waals surface area (Å²) in [5, 5.41) is 16.4. The summed E-state index contributed by atoms with van der Waals surface area (Å²) in [7, 11) is 1.57. The van der Waals surface area contributed by atoms with Crippen LogP contribution in [0.4, 0.5) is 0 Å². The van der Waals surface area contributed by atoms with Gasteiger partial charge in [0, 0.05) is 12.1 Å². The summed E-state index contributed by atoms with van der Waals surface area (Å²) in [5.74, 6) is 0.452. The molecule has 2 N–H and O–H groups in total. The molecule has 0 aliphatic heterocycles. The molecule has 5 heteroatoms. The lowest BCUT2D eigenvalue weighted by molar-refractivity contribution is 0.0916. The van der Waals surface area contributed by atoms with Crippen molar-refractivity contribution in [1.82, 2.24) is 5.32 Å². The molecule has 1 amide bonds. The van der Waals surface area contributed by atoms with Crippen molar-refractivity contribution in [3.05, 3.63) is 51.7 Å². The maximum absolute atomic E-state index is 12.0. The Hall–Kier alpha value is -1.85. The van der Waals surface area contributed by atoms with E-state index in [1.165, 1.54) is 11.3 Å². The zero-order valence-corrected chi connectivity index (χ0v) is 12.2. The van der Waals surface area contributed by atoms with Crippen LogP contribution in [0, 0.1) is 6.92 Å². The number of aryl methyl sites for hydroxylation is 1. The van der Waals surface area contributed by atoms with E-state index in [4.69, 9.17) is 4.74 Å². The molecule has 1 atom stereocenters. The summed E-state index contributed by atoms with van der Waals surface area (Å²) in [6, 6.07) is 7.12. The summed E-state index contributed by atoms with van der Waals surface area (Å²) in [4.78, 5) is 12.0. The van der Waals surface area contributed by atoms with Crippen LogP contribution in [-0.4, -0.2) is 24.7 Å². The van der Waals surface area contributed by atoms with Crippen LogP contribution >= 0.6 is 11.3 Å². The number of aliphatic hydroxyl groups excluding tert-OH is 1. The fraction of sp³-hybridized carbons (Fsp3) is 0.267. The highest BCUT2D eigenvalue weighted by atomic mass is 32.1. The van der Waals surface area contributed by atoms with E-state index < -0.39 is 6.10 Å². The molecule has 2 aromatic rings. The van der Waals surface area contributed by atoms with Crippen molar-refractivity contribution in [1.29, 1.82) is 0 Å². The fourth-order valence-corrected chi connectivity index (χ4v) is 2.54. The zero-order valence-electron chi connectivity index (χ0n) is 11.4. The molecule has 1 aromatic heterocycles. The highest BCUT2D eigenvalue weighted by Gasteiger charge is 2.12. The van der Waals surface area contributed by atoms with Crippen molar-refractivity contribution in [3.63, 3.8) is 0 Å². The van der Waals surface area contributed by atoms with Crippen molar-refractivity contribution < 1.29 is 14.6 Å². The lowest BCUT2D eigenvalue weighted by Crippen LogP contribution is -2.28. The maximum Gasteiger partial charge on any atom is 0.251 e. The largest absolute Gasteiger partial charge is 0.496 e. The second-order valence-corrected chi connectivity index (χ2v) is 5.25. The van der Waals surface area contributed by atoms with Crippen molar-refractivity contribution >= 4 is 17.2 Å². The third kappa shape index (κ3) is 3.37. The Bertz CT molecular complexity index is 581. The Morgan fingerprint density at radius 1 is 1.45 bits per heavy atom. The van der Waals surface area contributed by atoms with Crippen LogP contribution in [0.15, 0.2) is 35.0 Å². The Morgan fingerprint density at radius 2 is 2.25 bits per heavy atom. The number of aliphatic hydroxyl groups is 1. The fourth-order valence-electron chi connectivity index (χ4n) is 1.84. The molecule has 0 aliphatic carbocycles. The first-order valence-electron chi connectivity index (χ1n) is 6.25. The van der Waals surface area contributed by atoms with Gasteiger partial charge >= 0.3 is 0 Å². The van der Waals surface area contributed by atoms with Gasteiger partial charge in [-0.2, -0.15) is 11.3 Å². The Labute approximate surface area is 122 Å². The summed E-state index contributed by atoms with van der Waals surface area (Å²) in [6.45, 7) is 2.10. The summed E-state index contributed by atoms with van der Waals surface area (Å²) in [5.41, 5.74) is 2.31. The Kier molecular flexibility index (Phi) is 4.76. The van der Waals surface area contributed by atoms with Crippen LogP contribution in [-0.2, 0) is 0 Å². The molecule has 0 bridgehead atoms. The van der Waals surface area contributed by atoms with Crippen molar-refractivity contribution in [3.8, 4) is 5.75 Å². The molecule has 1 unspecified atom stereocenters. The lowest BCUT2D eigenvalue weighted by atomic mass is 10.1. The van der Waals surface area contributed by atoms with Gasteiger partial charge in [-0.25, -0.2) is 0 Å². The van der Waals surface area contributed by atoms with Gasteiger partial charge in [0.1, 0.15) is 5.75 Å². The van der Waals surface area contributed by atoms with Gasteiger partial charge in [-0.3, -0.25) is 4.79 Å². The minimum atomic E-state index is -0.683. The molecule has 0 fully saturated rings. The number of methoxy groups -OCH3 is 1. The van der Waals surface area contributed by atoms with Crippen molar-refractivity contribution in [2.75, 3.05) is 13.7 Å². The number of rotatable bonds is 5. The number of nitrogens with one attached hydrogen (secondary N) is 1. The standard InChI is InChI=1S/C15H17NO3S/c1-10-3-4-11(7-14(10)19-2)15(18)16-8-13(17)12-5-6-20-9-12/h3-7,9,13,17H,8H2,1-2H3,(H,16,18). The molecular formula is C15H17NO3S. The van der Waals surface area contributed by atoms with E-state index in [2.05, 4.69) is 5.32 Å². The molecule has 1 heterocycles. The zero-order chi connectivity index (χ0) is 14.5. The van der Waals surface area contributed by atoms with Gasteiger partial charge in [0.15, 0.2) is 0 Å². The van der Waals surface area contributed by atoms with Crippen LogP contribution < -0.4 is 10.1 Å². The number of hydrogen-bond donors (Lipinski definition) is 2. The summed E-state index contributed by atoms with van der Waals surface area (Å²) in [6.07, 6.45) is -0.683. The number of carbonyl (C=O) groups is 1. The van der Waals surface area contributed by atoms with Crippen LogP contribution in [0.2, 0.25) is 0 Å². The van der Waals surface area contributed by atoms with Gasteiger partial charge in [0.25, 0.3) is 5.91 Å². The Morgan fingerprint density at radius 3 is 2.90 bits per heavy atom. The smallest absolute Gasteiger partial charge is 0.251 e. The van der Waals surface area contributed by atoms with Crippen molar-refractivity contribution in [2.45, 2.75) is 13.0 Å². The van der Waals surface area contributed by atoms with Gasteiger partial charge < -0.3 is 15.2 Å². The lowest BCUT2D eigenvalue weighted by Gasteiger charge is -2.11. The van der Waals surface area contributed by atoms with Crippen LogP contribution in [0.5, 0.6) is 5.75 Å². The van der Waals surface area contributed by atoms with Crippen LogP contribution in [0.3, 0.4) is 0 Å². The predicted molar refractivity (Wildman–Crippen MR) is 79.3 cm³/mol. The van der Waals surface area contributed by atoms with E-state index >= 15 is 0 Å². The predicted octanol–water partition coefficient (Wildman–Crippen LogP) is 2.53. The minimum absolute atomic E-state index is 0.186. The van der Waals surface area contributed by atoms with Crippen LogP contribution in [0.25, 0.3) is 0 Å². The number of benzene rings is 1. The number of ether oxygens (including phenoxy) is 1. The monoisotopic (exact) mass is 291 g/mol. The van der Waals surface area contributed by atoms with E-state index in [1.54, 1.807) is 19.2 Å². The Balaban J connectivity index is 1.98.